The van der Waals surface area contributed by atoms with Crippen LogP contribution in [-0.2, 0) is 6.54 Å². The monoisotopic (exact) mass is 435 g/mol. The van der Waals surface area contributed by atoms with Crippen molar-refractivity contribution in [3.05, 3.63) is 80.1 Å². The molecule has 4 aromatic rings. The van der Waals surface area contributed by atoms with Crippen LogP contribution in [0.3, 0.4) is 0 Å². The lowest BCUT2D eigenvalue weighted by molar-refractivity contribution is 0.313. The zero-order chi connectivity index (χ0) is 22.0. The minimum absolute atomic E-state index is 0.0539. The second kappa shape index (κ2) is 8.89. The highest BCUT2D eigenvalue weighted by Crippen LogP contribution is 2.31. The van der Waals surface area contributed by atoms with E-state index >= 15 is 0 Å². The molecule has 31 heavy (non-hydrogen) atoms. The Balaban J connectivity index is 1.82. The van der Waals surface area contributed by atoms with Crippen molar-refractivity contribution in [1.29, 1.82) is 0 Å². The highest BCUT2D eigenvalue weighted by molar-refractivity contribution is 7.17. The highest BCUT2D eigenvalue weighted by Gasteiger charge is 2.19. The van der Waals surface area contributed by atoms with Gasteiger partial charge >= 0.3 is 0 Å². The van der Waals surface area contributed by atoms with E-state index in [1.54, 1.807) is 10.8 Å². The average molecular weight is 436 g/mol. The molecule has 3 aromatic heterocycles. The molecule has 1 aromatic carbocycles. The second-order valence-corrected chi connectivity index (χ2v) is 8.60. The third kappa shape index (κ3) is 4.18. The summed E-state index contributed by atoms with van der Waals surface area (Å²) in [4.78, 5) is 34.7. The fourth-order valence-electron chi connectivity index (χ4n) is 3.55. The van der Waals surface area contributed by atoms with E-state index in [4.69, 9.17) is 9.72 Å². The molecule has 0 saturated heterocycles. The predicted molar refractivity (Wildman–Crippen MR) is 125 cm³/mol. The molecule has 0 amide bonds. The fourth-order valence-corrected chi connectivity index (χ4v) is 4.50. The molecule has 0 atom stereocenters. The van der Waals surface area contributed by atoms with Crippen LogP contribution >= 0.6 is 11.3 Å². The van der Waals surface area contributed by atoms with E-state index in [0.717, 1.165) is 22.4 Å². The summed E-state index contributed by atoms with van der Waals surface area (Å²) in [7, 11) is 0. The van der Waals surface area contributed by atoms with Gasteiger partial charge in [0.2, 0.25) is 5.43 Å². The van der Waals surface area contributed by atoms with Gasteiger partial charge in [-0.15, -0.1) is 11.3 Å². The molecule has 0 unspecified atom stereocenters. The van der Waals surface area contributed by atoms with Crippen LogP contribution in [0, 0.1) is 0 Å². The number of rotatable bonds is 7. The van der Waals surface area contributed by atoms with E-state index in [9.17, 15) is 9.59 Å². The van der Waals surface area contributed by atoms with E-state index in [0.29, 0.717) is 29.3 Å². The summed E-state index contributed by atoms with van der Waals surface area (Å²) < 4.78 is 7.14. The van der Waals surface area contributed by atoms with E-state index in [1.165, 1.54) is 17.4 Å². The third-order valence-electron chi connectivity index (χ3n) is 5.05. The number of hydrogen-bond donors (Lipinski definition) is 1. The number of H-pyrrole nitrogens is 1. The number of aromatic nitrogens is 3. The molecule has 0 aliphatic carbocycles. The molecular formula is C24H25N3O3S. The van der Waals surface area contributed by atoms with Crippen LogP contribution in [0.2, 0.25) is 0 Å². The normalized spacial score (nSPS) is 11.4. The maximum Gasteiger partial charge on any atom is 0.263 e. The van der Waals surface area contributed by atoms with Gasteiger partial charge in [-0.2, -0.15) is 0 Å². The quantitative estimate of drug-likeness (QED) is 0.453. The molecule has 7 heteroatoms. The summed E-state index contributed by atoms with van der Waals surface area (Å²) >= 11 is 1.48. The lowest BCUT2D eigenvalue weighted by Crippen LogP contribution is -2.27. The maximum absolute atomic E-state index is 13.6. The summed E-state index contributed by atoms with van der Waals surface area (Å²) in [5, 5.41) is 2.61. The van der Waals surface area contributed by atoms with Crippen LogP contribution in [0.15, 0.2) is 57.6 Å². The molecule has 4 rings (SSSR count). The number of nitrogens with zero attached hydrogens (tertiary/aromatic N) is 2. The van der Waals surface area contributed by atoms with Crippen molar-refractivity contribution in [3.8, 4) is 16.9 Å². The van der Waals surface area contributed by atoms with Crippen LogP contribution in [0.5, 0.6) is 5.75 Å². The van der Waals surface area contributed by atoms with Gasteiger partial charge in [0.1, 0.15) is 10.7 Å². The number of fused-ring (bicyclic) bond motifs is 1. The molecule has 6 nitrogen and oxygen atoms in total. The van der Waals surface area contributed by atoms with Crippen molar-refractivity contribution in [2.75, 3.05) is 6.61 Å². The van der Waals surface area contributed by atoms with Gasteiger partial charge in [-0.05, 0) is 12.0 Å². The first kappa shape index (κ1) is 21.1. The molecule has 0 radical (unpaired) electrons. The molecule has 1 N–H and O–H groups in total. The topological polar surface area (TPSA) is 77.0 Å². The summed E-state index contributed by atoms with van der Waals surface area (Å²) in [5.41, 5.74) is 2.22. The third-order valence-corrected chi connectivity index (χ3v) is 5.92. The van der Waals surface area contributed by atoms with Gasteiger partial charge in [0, 0.05) is 34.8 Å². The van der Waals surface area contributed by atoms with E-state index < -0.39 is 0 Å². The Morgan fingerprint density at radius 1 is 1.19 bits per heavy atom. The summed E-state index contributed by atoms with van der Waals surface area (Å²) in [6, 6.07) is 11.4. The summed E-state index contributed by atoms with van der Waals surface area (Å²) in [6.45, 7) is 6.74. The van der Waals surface area contributed by atoms with Crippen molar-refractivity contribution in [3.63, 3.8) is 0 Å². The van der Waals surface area contributed by atoms with Crippen molar-refractivity contribution in [1.82, 2.24) is 14.5 Å². The average Bonchev–Trinajstić information content (AvgIpc) is 3.20. The number of nitrogens with one attached hydrogen (secondary N) is 1. The number of thiophene rings is 1. The Hall–Kier alpha value is -3.19. The van der Waals surface area contributed by atoms with Gasteiger partial charge < -0.3 is 9.72 Å². The fraction of sp³-hybridized carbons (Fsp3) is 0.292. The standard InChI is InChI=1S/C24H25N3O3S/c1-4-10-30-20-12-25-17(11-19(20)28)13-27-22(15(2)3)26-23-21(24(27)29)18(14-31-23)16-8-6-5-7-9-16/h5-9,11-12,14-15H,4,10,13H2,1-3H3,(H,25,28). The predicted octanol–water partition coefficient (Wildman–Crippen LogP) is 4.77. The zero-order valence-electron chi connectivity index (χ0n) is 17.8. The Labute approximate surface area is 184 Å². The SMILES string of the molecule is CCCOc1c[nH]c(Cn2c(C(C)C)nc3scc(-c4ccccc4)c3c2=O)cc1=O. The van der Waals surface area contributed by atoms with Crippen LogP contribution in [0.1, 0.15) is 44.6 Å². The number of aromatic amines is 1. The van der Waals surface area contributed by atoms with Gasteiger partial charge in [0.25, 0.3) is 5.56 Å². The summed E-state index contributed by atoms with van der Waals surface area (Å²) in [6.07, 6.45) is 2.39. The van der Waals surface area contributed by atoms with Gasteiger partial charge in [-0.3, -0.25) is 14.2 Å². The Kier molecular flexibility index (Phi) is 6.04. The first-order valence-corrected chi connectivity index (χ1v) is 11.3. The van der Waals surface area contributed by atoms with Crippen LogP contribution in [0.25, 0.3) is 21.3 Å². The van der Waals surface area contributed by atoms with E-state index in [-0.39, 0.29) is 23.5 Å². The molecule has 0 spiro atoms. The highest BCUT2D eigenvalue weighted by atomic mass is 32.1. The van der Waals surface area contributed by atoms with Crippen molar-refractivity contribution >= 4 is 21.6 Å². The molecule has 0 saturated carbocycles. The van der Waals surface area contributed by atoms with E-state index in [2.05, 4.69) is 4.98 Å². The van der Waals surface area contributed by atoms with Crippen molar-refractivity contribution < 1.29 is 4.74 Å². The lowest BCUT2D eigenvalue weighted by Gasteiger charge is -2.15. The second-order valence-electron chi connectivity index (χ2n) is 7.75. The zero-order valence-corrected chi connectivity index (χ0v) is 18.7. The smallest absolute Gasteiger partial charge is 0.263 e. The van der Waals surface area contributed by atoms with Crippen LogP contribution in [0.4, 0.5) is 0 Å². The minimum Gasteiger partial charge on any atom is -0.488 e. The number of pyridine rings is 1. The molecule has 3 heterocycles. The Morgan fingerprint density at radius 3 is 2.65 bits per heavy atom. The molecule has 160 valence electrons. The van der Waals surface area contributed by atoms with Gasteiger partial charge in [-0.25, -0.2) is 4.98 Å². The van der Waals surface area contributed by atoms with Crippen LogP contribution in [-0.4, -0.2) is 21.1 Å². The number of hydrogen-bond acceptors (Lipinski definition) is 5. The minimum atomic E-state index is -0.198. The largest absolute Gasteiger partial charge is 0.488 e. The number of benzene rings is 1. The van der Waals surface area contributed by atoms with Gasteiger partial charge in [-0.1, -0.05) is 51.1 Å². The van der Waals surface area contributed by atoms with Crippen LogP contribution < -0.4 is 15.7 Å². The molecule has 0 bridgehead atoms. The Morgan fingerprint density at radius 2 is 1.97 bits per heavy atom. The maximum atomic E-state index is 13.6. The molecule has 0 aliphatic heterocycles. The Bertz CT molecular complexity index is 1320. The first-order valence-electron chi connectivity index (χ1n) is 10.4. The lowest BCUT2D eigenvalue weighted by atomic mass is 10.1. The first-order chi connectivity index (χ1) is 15.0. The molecular weight excluding hydrogens is 410 g/mol. The van der Waals surface area contributed by atoms with Gasteiger partial charge in [0.15, 0.2) is 5.75 Å². The molecule has 0 aliphatic rings. The van der Waals surface area contributed by atoms with Crippen molar-refractivity contribution in [2.24, 2.45) is 0 Å². The van der Waals surface area contributed by atoms with Gasteiger partial charge in [0.05, 0.1) is 18.5 Å². The summed E-state index contributed by atoms with van der Waals surface area (Å²) in [5.74, 6) is 1.05. The molecule has 0 fully saturated rings. The van der Waals surface area contributed by atoms with Crippen molar-refractivity contribution in [2.45, 2.75) is 39.7 Å². The van der Waals surface area contributed by atoms with E-state index in [1.807, 2.05) is 56.5 Å². The number of ether oxygens (including phenoxy) is 1.